The number of ether oxygens (including phenoxy) is 1. The minimum absolute atomic E-state index is 0.119. The molecule has 1 saturated heterocycles. The summed E-state index contributed by atoms with van der Waals surface area (Å²) in [6, 6.07) is 5.89. The lowest BCUT2D eigenvalue weighted by molar-refractivity contribution is -0.00738. The zero-order valence-electron chi connectivity index (χ0n) is 11.6. The third-order valence-electron chi connectivity index (χ3n) is 4.25. The smallest absolute Gasteiger partial charge is 0.124 e. The van der Waals surface area contributed by atoms with Gasteiger partial charge in [0.1, 0.15) is 5.82 Å². The average Bonchev–Trinajstić information content (AvgIpc) is 3.20. The van der Waals surface area contributed by atoms with Gasteiger partial charge in [-0.05, 0) is 55.9 Å². The molecule has 2 aliphatic rings. The third kappa shape index (κ3) is 3.80. The molecule has 1 heterocycles. The summed E-state index contributed by atoms with van der Waals surface area (Å²) in [7, 11) is 0. The van der Waals surface area contributed by atoms with Gasteiger partial charge in [-0.2, -0.15) is 0 Å². The van der Waals surface area contributed by atoms with E-state index in [0.29, 0.717) is 6.04 Å². The molecule has 2 fully saturated rings. The van der Waals surface area contributed by atoms with Gasteiger partial charge in [0, 0.05) is 29.1 Å². The first-order chi connectivity index (χ1) is 9.65. The number of hydrogen-bond acceptors (Lipinski definition) is 2. The zero-order chi connectivity index (χ0) is 14.0. The van der Waals surface area contributed by atoms with Gasteiger partial charge in [-0.3, -0.25) is 0 Å². The normalized spacial score (nSPS) is 26.7. The van der Waals surface area contributed by atoms with Crippen molar-refractivity contribution in [2.24, 2.45) is 5.41 Å². The Morgan fingerprint density at radius 3 is 2.85 bits per heavy atom. The van der Waals surface area contributed by atoms with Crippen molar-refractivity contribution in [3.63, 3.8) is 0 Å². The largest absolute Gasteiger partial charge is 0.381 e. The number of hydrogen-bond donors (Lipinski definition) is 1. The van der Waals surface area contributed by atoms with Crippen molar-refractivity contribution in [1.29, 1.82) is 0 Å². The van der Waals surface area contributed by atoms with E-state index in [-0.39, 0.29) is 11.2 Å². The van der Waals surface area contributed by atoms with Gasteiger partial charge in [-0.1, -0.05) is 15.9 Å². The highest BCUT2D eigenvalue weighted by Gasteiger charge is 2.35. The molecule has 1 aromatic rings. The van der Waals surface area contributed by atoms with Gasteiger partial charge in [0.25, 0.3) is 0 Å². The SMILES string of the molecule is Fc1cc(Br)cc(CC2(CNC3CC3)CCCOC2)c1. The van der Waals surface area contributed by atoms with Gasteiger partial charge in [-0.15, -0.1) is 0 Å². The van der Waals surface area contributed by atoms with Gasteiger partial charge in [0.15, 0.2) is 0 Å². The lowest BCUT2D eigenvalue weighted by atomic mass is 9.77. The third-order valence-corrected chi connectivity index (χ3v) is 4.71. The molecule has 1 unspecified atom stereocenters. The maximum atomic E-state index is 13.6. The van der Waals surface area contributed by atoms with Gasteiger partial charge in [0.2, 0.25) is 0 Å². The molecule has 0 radical (unpaired) electrons. The maximum absolute atomic E-state index is 13.6. The summed E-state index contributed by atoms with van der Waals surface area (Å²) in [6.07, 6.45) is 5.72. The van der Waals surface area contributed by atoms with Gasteiger partial charge >= 0.3 is 0 Å². The highest BCUT2D eigenvalue weighted by Crippen LogP contribution is 2.34. The van der Waals surface area contributed by atoms with Crippen molar-refractivity contribution in [3.8, 4) is 0 Å². The monoisotopic (exact) mass is 341 g/mol. The summed E-state index contributed by atoms with van der Waals surface area (Å²) in [5, 5.41) is 3.63. The van der Waals surface area contributed by atoms with Crippen molar-refractivity contribution in [1.82, 2.24) is 5.32 Å². The Hall–Kier alpha value is -0.450. The van der Waals surface area contributed by atoms with Crippen LogP contribution in [0.1, 0.15) is 31.2 Å². The van der Waals surface area contributed by atoms with E-state index in [0.717, 1.165) is 49.1 Å². The van der Waals surface area contributed by atoms with E-state index in [4.69, 9.17) is 4.74 Å². The van der Waals surface area contributed by atoms with Crippen molar-refractivity contribution in [2.75, 3.05) is 19.8 Å². The zero-order valence-corrected chi connectivity index (χ0v) is 13.2. The fourth-order valence-corrected chi connectivity index (χ4v) is 3.56. The van der Waals surface area contributed by atoms with Crippen LogP contribution < -0.4 is 5.32 Å². The van der Waals surface area contributed by atoms with Crippen LogP contribution in [0.15, 0.2) is 22.7 Å². The number of nitrogens with one attached hydrogen (secondary N) is 1. The van der Waals surface area contributed by atoms with Gasteiger partial charge < -0.3 is 10.1 Å². The molecule has 1 saturated carbocycles. The summed E-state index contributed by atoms with van der Waals surface area (Å²) in [5.41, 5.74) is 1.17. The van der Waals surface area contributed by atoms with Crippen molar-refractivity contribution < 1.29 is 9.13 Å². The molecule has 1 aliphatic heterocycles. The molecule has 1 N–H and O–H groups in total. The highest BCUT2D eigenvalue weighted by atomic mass is 79.9. The fraction of sp³-hybridized carbons (Fsp3) is 0.625. The van der Waals surface area contributed by atoms with E-state index >= 15 is 0 Å². The van der Waals surface area contributed by atoms with Crippen LogP contribution in [0, 0.1) is 11.2 Å². The summed E-state index contributed by atoms with van der Waals surface area (Å²) >= 11 is 3.38. The van der Waals surface area contributed by atoms with Crippen molar-refractivity contribution in [3.05, 3.63) is 34.1 Å². The minimum Gasteiger partial charge on any atom is -0.381 e. The molecule has 3 rings (SSSR count). The molecule has 2 nitrogen and oxygen atoms in total. The van der Waals surface area contributed by atoms with Crippen molar-refractivity contribution >= 4 is 15.9 Å². The van der Waals surface area contributed by atoms with Crippen LogP contribution in [-0.4, -0.2) is 25.8 Å². The lowest BCUT2D eigenvalue weighted by Crippen LogP contribution is -2.43. The van der Waals surface area contributed by atoms with E-state index in [1.54, 1.807) is 6.07 Å². The Bertz CT molecular complexity index is 449. The van der Waals surface area contributed by atoms with E-state index in [2.05, 4.69) is 21.2 Å². The van der Waals surface area contributed by atoms with Crippen LogP contribution >= 0.6 is 15.9 Å². The number of rotatable bonds is 5. The van der Waals surface area contributed by atoms with Crippen molar-refractivity contribution in [2.45, 2.75) is 38.1 Å². The quantitative estimate of drug-likeness (QED) is 0.881. The molecule has 110 valence electrons. The molecule has 1 aliphatic carbocycles. The Balaban J connectivity index is 1.73. The Morgan fingerprint density at radius 1 is 1.35 bits per heavy atom. The molecular weight excluding hydrogens is 321 g/mol. The Kier molecular flexibility index (Phi) is 4.43. The summed E-state index contributed by atoms with van der Waals surface area (Å²) in [4.78, 5) is 0. The highest BCUT2D eigenvalue weighted by molar-refractivity contribution is 9.10. The van der Waals surface area contributed by atoms with Crippen LogP contribution in [0.2, 0.25) is 0 Å². The second-order valence-corrected chi connectivity index (χ2v) is 7.18. The van der Waals surface area contributed by atoms with Crippen LogP contribution in [0.3, 0.4) is 0 Å². The molecule has 0 aromatic heterocycles. The first kappa shape index (κ1) is 14.5. The molecule has 1 atom stereocenters. The minimum atomic E-state index is -0.170. The standard InChI is InChI=1S/C16H21BrFNO/c17-13-6-12(7-14(18)8-13)9-16(4-1-5-20-11-16)10-19-15-2-3-15/h6-8,15,19H,1-5,9-11H2. The van der Waals surface area contributed by atoms with Crippen LogP contribution in [0.4, 0.5) is 4.39 Å². The fourth-order valence-electron chi connectivity index (χ4n) is 3.05. The predicted octanol–water partition coefficient (Wildman–Crippen LogP) is 3.68. The topological polar surface area (TPSA) is 21.3 Å². The molecule has 0 amide bonds. The molecule has 0 spiro atoms. The van der Waals surface area contributed by atoms with E-state index in [1.165, 1.54) is 18.9 Å². The number of benzene rings is 1. The second-order valence-electron chi connectivity index (χ2n) is 6.27. The number of halogens is 2. The first-order valence-electron chi connectivity index (χ1n) is 7.41. The van der Waals surface area contributed by atoms with E-state index in [9.17, 15) is 4.39 Å². The summed E-state index contributed by atoms with van der Waals surface area (Å²) < 4.78 is 20.1. The average molecular weight is 342 g/mol. The summed E-state index contributed by atoms with van der Waals surface area (Å²) in [5.74, 6) is -0.170. The van der Waals surface area contributed by atoms with E-state index < -0.39 is 0 Å². The van der Waals surface area contributed by atoms with Crippen LogP contribution in [0.5, 0.6) is 0 Å². The van der Waals surface area contributed by atoms with Gasteiger partial charge in [-0.25, -0.2) is 4.39 Å². The second kappa shape index (κ2) is 6.12. The van der Waals surface area contributed by atoms with Gasteiger partial charge in [0.05, 0.1) is 6.61 Å². The molecule has 20 heavy (non-hydrogen) atoms. The molecule has 0 bridgehead atoms. The van der Waals surface area contributed by atoms with E-state index in [1.807, 2.05) is 6.07 Å². The maximum Gasteiger partial charge on any atom is 0.124 e. The van der Waals surface area contributed by atoms with Crippen LogP contribution in [-0.2, 0) is 11.2 Å². The lowest BCUT2D eigenvalue weighted by Gasteiger charge is -2.37. The predicted molar refractivity (Wildman–Crippen MR) is 81.3 cm³/mol. The molecular formula is C16H21BrFNO. The molecule has 4 heteroatoms. The molecule has 1 aromatic carbocycles. The van der Waals surface area contributed by atoms with Crippen LogP contribution in [0.25, 0.3) is 0 Å². The first-order valence-corrected chi connectivity index (χ1v) is 8.21. The Morgan fingerprint density at radius 2 is 2.20 bits per heavy atom. The Labute approximate surface area is 128 Å². The summed E-state index contributed by atoms with van der Waals surface area (Å²) in [6.45, 7) is 2.62.